The van der Waals surface area contributed by atoms with Gasteiger partial charge in [-0.05, 0) is 57.7 Å². The average molecular weight is 439 g/mol. The maximum Gasteiger partial charge on any atom is 0.229 e. The Bertz CT molecular complexity index is 786. The maximum atomic E-state index is 10.3. The van der Waals surface area contributed by atoms with Gasteiger partial charge in [0.1, 0.15) is 35.9 Å². The van der Waals surface area contributed by atoms with E-state index in [1.54, 1.807) is 19.1 Å². The molecular formula is C23H34O8. The van der Waals surface area contributed by atoms with Crippen LogP contribution in [0.4, 0.5) is 0 Å². The molecule has 1 saturated heterocycles. The lowest BCUT2D eigenvalue weighted by Crippen LogP contribution is -2.60. The zero-order chi connectivity index (χ0) is 23.1. The SMILES string of the molecule is CC(=CCCC(C)=CCc1cc(O)c(C)cc1O[C@@H]1O[C@H](CO)[C@@H](O)[C@H](O)[C@H]1O)CO. The van der Waals surface area contributed by atoms with Crippen molar-refractivity contribution in [3.8, 4) is 11.5 Å². The van der Waals surface area contributed by atoms with E-state index in [0.29, 0.717) is 23.3 Å². The van der Waals surface area contributed by atoms with Gasteiger partial charge in [-0.3, -0.25) is 0 Å². The molecule has 2 rings (SSSR count). The van der Waals surface area contributed by atoms with Crippen molar-refractivity contribution in [2.75, 3.05) is 13.2 Å². The second kappa shape index (κ2) is 11.6. The van der Waals surface area contributed by atoms with Crippen LogP contribution in [0.15, 0.2) is 35.4 Å². The van der Waals surface area contributed by atoms with Crippen molar-refractivity contribution in [1.29, 1.82) is 0 Å². The highest BCUT2D eigenvalue weighted by atomic mass is 16.7. The largest absolute Gasteiger partial charge is 0.508 e. The van der Waals surface area contributed by atoms with Gasteiger partial charge in [0.05, 0.1) is 13.2 Å². The molecular weight excluding hydrogens is 404 g/mol. The number of aryl methyl sites for hydroxylation is 1. The molecule has 0 saturated carbocycles. The Hall–Kier alpha value is -1.94. The van der Waals surface area contributed by atoms with Crippen molar-refractivity contribution < 1.29 is 40.1 Å². The van der Waals surface area contributed by atoms with Gasteiger partial charge in [0.15, 0.2) is 0 Å². The van der Waals surface area contributed by atoms with E-state index in [4.69, 9.17) is 14.6 Å². The number of rotatable bonds is 9. The van der Waals surface area contributed by atoms with Crippen LogP contribution in [-0.2, 0) is 11.2 Å². The lowest BCUT2D eigenvalue weighted by molar-refractivity contribution is -0.277. The summed E-state index contributed by atoms with van der Waals surface area (Å²) in [5.74, 6) is 0.461. The molecule has 1 aromatic rings. The Labute approximate surface area is 182 Å². The van der Waals surface area contributed by atoms with Crippen molar-refractivity contribution in [3.05, 3.63) is 46.6 Å². The lowest BCUT2D eigenvalue weighted by atomic mass is 9.99. The maximum absolute atomic E-state index is 10.3. The van der Waals surface area contributed by atoms with Crippen LogP contribution in [0.1, 0.15) is 37.8 Å². The number of aliphatic hydroxyl groups excluding tert-OH is 5. The third kappa shape index (κ3) is 6.77. The summed E-state index contributed by atoms with van der Waals surface area (Å²) in [5.41, 5.74) is 3.27. The number of phenols is 1. The van der Waals surface area contributed by atoms with Crippen molar-refractivity contribution in [3.63, 3.8) is 0 Å². The number of allylic oxidation sites excluding steroid dienone is 3. The standard InChI is InChI=1S/C23H34O8/c1-13(5-4-6-14(2)11-24)7-8-16-10-17(26)15(3)9-18(16)30-23-22(29)21(28)20(27)19(12-25)31-23/h6-7,9-10,19-29H,4-5,8,11-12H2,1-3H3/t19-,20-,21+,22-,23-/m1/s1. The summed E-state index contributed by atoms with van der Waals surface area (Å²) in [4.78, 5) is 0. The number of ether oxygens (including phenoxy) is 2. The highest BCUT2D eigenvalue weighted by Crippen LogP contribution is 2.32. The van der Waals surface area contributed by atoms with E-state index >= 15 is 0 Å². The summed E-state index contributed by atoms with van der Waals surface area (Å²) in [6.45, 7) is 5.07. The fraction of sp³-hybridized carbons (Fsp3) is 0.565. The van der Waals surface area contributed by atoms with Crippen LogP contribution in [0.2, 0.25) is 0 Å². The number of phenolic OH excluding ortho intramolecular Hbond substituents is 1. The van der Waals surface area contributed by atoms with Gasteiger partial charge in [-0.25, -0.2) is 0 Å². The number of hydrogen-bond donors (Lipinski definition) is 6. The van der Waals surface area contributed by atoms with Gasteiger partial charge < -0.3 is 40.1 Å². The first-order valence-corrected chi connectivity index (χ1v) is 10.4. The Morgan fingerprint density at radius 2 is 1.74 bits per heavy atom. The topological polar surface area (TPSA) is 140 Å². The lowest BCUT2D eigenvalue weighted by Gasteiger charge is -2.39. The Morgan fingerprint density at radius 3 is 2.39 bits per heavy atom. The van der Waals surface area contributed by atoms with Crippen LogP contribution < -0.4 is 4.74 Å². The molecule has 0 unspecified atom stereocenters. The number of aliphatic hydroxyl groups is 5. The molecule has 31 heavy (non-hydrogen) atoms. The quantitative estimate of drug-likeness (QED) is 0.315. The molecule has 6 N–H and O–H groups in total. The minimum Gasteiger partial charge on any atom is -0.508 e. The summed E-state index contributed by atoms with van der Waals surface area (Å²) in [7, 11) is 0. The Balaban J connectivity index is 2.17. The number of aromatic hydroxyl groups is 1. The molecule has 0 amide bonds. The van der Waals surface area contributed by atoms with Gasteiger partial charge in [0.2, 0.25) is 6.29 Å². The fourth-order valence-electron chi connectivity index (χ4n) is 3.27. The molecule has 8 heteroatoms. The minimum atomic E-state index is -1.53. The molecule has 8 nitrogen and oxygen atoms in total. The highest BCUT2D eigenvalue weighted by Gasteiger charge is 2.44. The fourth-order valence-corrected chi connectivity index (χ4v) is 3.27. The number of benzene rings is 1. The van der Waals surface area contributed by atoms with Gasteiger partial charge in [0, 0.05) is 5.56 Å². The zero-order valence-electron chi connectivity index (χ0n) is 18.2. The summed E-state index contributed by atoms with van der Waals surface area (Å²) < 4.78 is 11.2. The molecule has 0 radical (unpaired) electrons. The van der Waals surface area contributed by atoms with Crippen molar-refractivity contribution in [2.24, 2.45) is 0 Å². The van der Waals surface area contributed by atoms with Crippen LogP contribution in [-0.4, -0.2) is 74.6 Å². The second-order valence-electron chi connectivity index (χ2n) is 8.06. The van der Waals surface area contributed by atoms with Gasteiger partial charge in [0.25, 0.3) is 0 Å². The second-order valence-corrected chi connectivity index (χ2v) is 8.06. The molecule has 1 aliphatic heterocycles. The van der Waals surface area contributed by atoms with E-state index in [1.807, 2.05) is 26.0 Å². The summed E-state index contributed by atoms with van der Waals surface area (Å²) in [5, 5.41) is 58.7. The molecule has 0 bridgehead atoms. The molecule has 0 aromatic heterocycles. The normalized spacial score (nSPS) is 27.4. The first-order chi connectivity index (χ1) is 14.7. The summed E-state index contributed by atoms with van der Waals surface area (Å²) in [6, 6.07) is 3.19. The van der Waals surface area contributed by atoms with Crippen LogP contribution in [0.5, 0.6) is 11.5 Å². The zero-order valence-corrected chi connectivity index (χ0v) is 18.2. The summed E-state index contributed by atoms with van der Waals surface area (Å²) in [6.07, 6.45) is -0.800. The Kier molecular flexibility index (Phi) is 9.49. The third-order valence-corrected chi connectivity index (χ3v) is 5.42. The van der Waals surface area contributed by atoms with Crippen molar-refractivity contribution in [2.45, 2.75) is 70.7 Å². The van der Waals surface area contributed by atoms with Gasteiger partial charge in [-0.15, -0.1) is 0 Å². The predicted molar refractivity (Wildman–Crippen MR) is 115 cm³/mol. The molecule has 1 aromatic carbocycles. The summed E-state index contributed by atoms with van der Waals surface area (Å²) >= 11 is 0. The van der Waals surface area contributed by atoms with Crippen molar-refractivity contribution >= 4 is 0 Å². The molecule has 1 heterocycles. The first-order valence-electron chi connectivity index (χ1n) is 10.4. The highest BCUT2D eigenvalue weighted by molar-refractivity contribution is 5.46. The third-order valence-electron chi connectivity index (χ3n) is 5.42. The van der Waals surface area contributed by atoms with Crippen LogP contribution >= 0.6 is 0 Å². The molecule has 5 atom stereocenters. The Morgan fingerprint density at radius 1 is 1.03 bits per heavy atom. The van der Waals surface area contributed by atoms with Crippen LogP contribution in [0, 0.1) is 6.92 Å². The van der Waals surface area contributed by atoms with Gasteiger partial charge >= 0.3 is 0 Å². The average Bonchev–Trinajstić information content (AvgIpc) is 2.75. The van der Waals surface area contributed by atoms with E-state index in [2.05, 4.69) is 0 Å². The van der Waals surface area contributed by atoms with E-state index in [9.17, 15) is 25.5 Å². The van der Waals surface area contributed by atoms with Crippen LogP contribution in [0.3, 0.4) is 0 Å². The number of hydrogen-bond acceptors (Lipinski definition) is 8. The minimum absolute atomic E-state index is 0.0457. The molecule has 1 aliphatic rings. The van der Waals surface area contributed by atoms with Crippen molar-refractivity contribution in [1.82, 2.24) is 0 Å². The van der Waals surface area contributed by atoms with E-state index in [1.165, 1.54) is 0 Å². The molecule has 174 valence electrons. The molecule has 0 aliphatic carbocycles. The predicted octanol–water partition coefficient (Wildman–Crippen LogP) is 1.09. The van der Waals surface area contributed by atoms with E-state index in [0.717, 1.165) is 24.0 Å². The van der Waals surface area contributed by atoms with E-state index in [-0.39, 0.29) is 12.4 Å². The molecule has 0 spiro atoms. The smallest absolute Gasteiger partial charge is 0.229 e. The van der Waals surface area contributed by atoms with Gasteiger partial charge in [-0.2, -0.15) is 0 Å². The monoisotopic (exact) mass is 438 g/mol. The van der Waals surface area contributed by atoms with Crippen LogP contribution in [0.25, 0.3) is 0 Å². The van der Waals surface area contributed by atoms with Gasteiger partial charge in [-0.1, -0.05) is 23.3 Å². The first kappa shape index (κ1) is 25.3. The van der Waals surface area contributed by atoms with E-state index < -0.39 is 37.3 Å². The molecule has 1 fully saturated rings.